The second kappa shape index (κ2) is 6.43. The van der Waals surface area contributed by atoms with E-state index in [-0.39, 0.29) is 24.9 Å². The Morgan fingerprint density at radius 2 is 2.00 bits per heavy atom. The Morgan fingerprint density at radius 3 is 2.54 bits per heavy atom. The maximum absolute atomic E-state index is 12.6. The molecule has 1 aromatic rings. The van der Waals surface area contributed by atoms with Crippen LogP contribution in [0.5, 0.6) is 0 Å². The van der Waals surface area contributed by atoms with Crippen molar-refractivity contribution in [3.63, 3.8) is 0 Å². The zero-order valence-corrected chi connectivity index (χ0v) is 13.0. The van der Waals surface area contributed by atoms with Gasteiger partial charge in [-0.1, -0.05) is 29.4 Å². The van der Waals surface area contributed by atoms with Crippen molar-refractivity contribution in [1.29, 1.82) is 0 Å². The number of rotatable bonds is 4. The van der Waals surface area contributed by atoms with E-state index in [4.69, 9.17) is 4.74 Å². The lowest BCUT2D eigenvalue weighted by molar-refractivity contribution is -0.212. The average Bonchev–Trinajstić information content (AvgIpc) is 2.96. The third-order valence-corrected chi connectivity index (χ3v) is 4.25. The smallest absolute Gasteiger partial charge is 0.382 e. The number of oxime groups is 1. The molecule has 2 aliphatic heterocycles. The van der Waals surface area contributed by atoms with Crippen LogP contribution in [0.25, 0.3) is 0 Å². The van der Waals surface area contributed by atoms with Crippen LogP contribution in [0.3, 0.4) is 0 Å². The Morgan fingerprint density at radius 1 is 1.33 bits per heavy atom. The number of carbonyl (C=O) groups excluding carboxylic acids is 1. The number of ether oxygens (including phenoxy) is 1. The standard InChI is InChI=1S/C16H17F3N2O3/c1-23-9-15(22)21-7-12(8-21)10-2-4-11(5-3-10)13-6-14(24-20-13)16(17,18)19/h2-5,12,14H,6-9H2,1H3. The van der Waals surface area contributed by atoms with Crippen LogP contribution in [-0.2, 0) is 14.4 Å². The van der Waals surface area contributed by atoms with Gasteiger partial charge in [0.05, 0.1) is 5.71 Å². The predicted octanol–water partition coefficient (Wildman–Crippen LogP) is 2.31. The van der Waals surface area contributed by atoms with Crippen molar-refractivity contribution in [2.45, 2.75) is 24.6 Å². The average molecular weight is 342 g/mol. The highest BCUT2D eigenvalue weighted by Gasteiger charge is 2.45. The summed E-state index contributed by atoms with van der Waals surface area (Å²) in [4.78, 5) is 17.8. The Balaban J connectivity index is 1.57. The minimum absolute atomic E-state index is 0.0407. The molecule has 0 radical (unpaired) electrons. The van der Waals surface area contributed by atoms with Gasteiger partial charge in [0, 0.05) is 32.5 Å². The molecule has 2 heterocycles. The van der Waals surface area contributed by atoms with Crippen LogP contribution >= 0.6 is 0 Å². The van der Waals surface area contributed by atoms with Gasteiger partial charge in [-0.25, -0.2) is 0 Å². The molecule has 0 spiro atoms. The summed E-state index contributed by atoms with van der Waals surface area (Å²) in [6.45, 7) is 1.33. The molecule has 0 aliphatic carbocycles. The fraction of sp³-hybridized carbons (Fsp3) is 0.500. The molecule has 1 fully saturated rings. The summed E-state index contributed by atoms with van der Waals surface area (Å²) in [6, 6.07) is 7.22. The molecule has 24 heavy (non-hydrogen) atoms. The highest BCUT2D eigenvalue weighted by Crippen LogP contribution is 2.32. The van der Waals surface area contributed by atoms with Gasteiger partial charge >= 0.3 is 6.18 Å². The van der Waals surface area contributed by atoms with E-state index in [2.05, 4.69) is 9.99 Å². The Kier molecular flexibility index (Phi) is 4.49. The normalized spacial score (nSPS) is 21.2. The van der Waals surface area contributed by atoms with Crippen molar-refractivity contribution >= 4 is 11.6 Å². The van der Waals surface area contributed by atoms with Gasteiger partial charge < -0.3 is 14.5 Å². The Bertz CT molecular complexity index is 637. The van der Waals surface area contributed by atoms with E-state index in [9.17, 15) is 18.0 Å². The van der Waals surface area contributed by atoms with E-state index < -0.39 is 12.3 Å². The number of nitrogens with zero attached hydrogens (tertiary/aromatic N) is 2. The third kappa shape index (κ3) is 3.38. The SMILES string of the molecule is COCC(=O)N1CC(c2ccc(C3=NOC(C(F)(F)F)C3)cc2)C1. The summed E-state index contributed by atoms with van der Waals surface area (Å²) < 4.78 is 42.6. The van der Waals surface area contributed by atoms with Crippen molar-refractivity contribution in [2.75, 3.05) is 26.8 Å². The molecule has 0 saturated carbocycles. The van der Waals surface area contributed by atoms with Crippen molar-refractivity contribution in [2.24, 2.45) is 5.16 Å². The highest BCUT2D eigenvalue weighted by molar-refractivity contribution is 6.01. The zero-order chi connectivity index (χ0) is 17.3. The molecule has 5 nitrogen and oxygen atoms in total. The number of benzene rings is 1. The zero-order valence-electron chi connectivity index (χ0n) is 13.0. The minimum Gasteiger partial charge on any atom is -0.382 e. The molecule has 0 bridgehead atoms. The number of hydrogen-bond donors (Lipinski definition) is 0. The molecular formula is C16H17F3N2O3. The summed E-state index contributed by atoms with van der Waals surface area (Å²) in [7, 11) is 1.48. The molecule has 1 saturated heterocycles. The van der Waals surface area contributed by atoms with Gasteiger partial charge in [0.25, 0.3) is 0 Å². The summed E-state index contributed by atoms with van der Waals surface area (Å²) in [5.41, 5.74) is 1.97. The highest BCUT2D eigenvalue weighted by atomic mass is 19.4. The molecule has 1 unspecified atom stereocenters. The largest absolute Gasteiger partial charge is 0.428 e. The summed E-state index contributed by atoms with van der Waals surface area (Å²) in [5.74, 6) is 0.200. The van der Waals surface area contributed by atoms with Crippen LogP contribution in [0.15, 0.2) is 29.4 Å². The maximum Gasteiger partial charge on any atom is 0.428 e. The van der Waals surface area contributed by atoms with Crippen LogP contribution < -0.4 is 0 Å². The van der Waals surface area contributed by atoms with E-state index in [1.54, 1.807) is 17.0 Å². The fourth-order valence-corrected chi connectivity index (χ4v) is 2.78. The first-order chi connectivity index (χ1) is 11.4. The van der Waals surface area contributed by atoms with E-state index in [0.717, 1.165) is 5.56 Å². The number of hydrogen-bond acceptors (Lipinski definition) is 4. The first-order valence-corrected chi connectivity index (χ1v) is 7.55. The number of halogens is 3. The van der Waals surface area contributed by atoms with Crippen LogP contribution in [0.4, 0.5) is 13.2 Å². The Labute approximate surface area is 137 Å². The minimum atomic E-state index is -4.41. The van der Waals surface area contributed by atoms with E-state index in [0.29, 0.717) is 24.4 Å². The molecule has 1 atom stereocenters. The summed E-state index contributed by atoms with van der Waals surface area (Å²) >= 11 is 0. The molecule has 8 heteroatoms. The molecular weight excluding hydrogens is 325 g/mol. The molecule has 3 rings (SSSR count). The van der Waals surface area contributed by atoms with Gasteiger partial charge in [0.15, 0.2) is 0 Å². The predicted molar refractivity (Wildman–Crippen MR) is 79.7 cm³/mol. The van der Waals surface area contributed by atoms with E-state index >= 15 is 0 Å². The van der Waals surface area contributed by atoms with Gasteiger partial charge in [-0.05, 0) is 11.1 Å². The third-order valence-electron chi connectivity index (χ3n) is 4.25. The number of alkyl halides is 3. The van der Waals surface area contributed by atoms with Crippen molar-refractivity contribution in [1.82, 2.24) is 4.90 Å². The fourth-order valence-electron chi connectivity index (χ4n) is 2.78. The quantitative estimate of drug-likeness (QED) is 0.844. The van der Waals surface area contributed by atoms with Gasteiger partial charge in [-0.2, -0.15) is 13.2 Å². The number of amides is 1. The Hall–Kier alpha value is -2.09. The number of likely N-dealkylation sites (tertiary alicyclic amines) is 1. The number of methoxy groups -OCH3 is 1. The van der Waals surface area contributed by atoms with Crippen molar-refractivity contribution in [3.8, 4) is 0 Å². The second-order valence-electron chi connectivity index (χ2n) is 5.93. The van der Waals surface area contributed by atoms with E-state index in [1.807, 2.05) is 12.1 Å². The lowest BCUT2D eigenvalue weighted by Gasteiger charge is -2.39. The molecule has 0 N–H and O–H groups in total. The molecule has 2 aliphatic rings. The molecule has 130 valence electrons. The lowest BCUT2D eigenvalue weighted by atomic mass is 9.90. The summed E-state index contributed by atoms with van der Waals surface area (Å²) in [6.07, 6.45) is -6.54. The second-order valence-corrected chi connectivity index (χ2v) is 5.93. The van der Waals surface area contributed by atoms with E-state index in [1.165, 1.54) is 7.11 Å². The monoisotopic (exact) mass is 342 g/mol. The number of carbonyl (C=O) groups is 1. The van der Waals surface area contributed by atoms with Crippen molar-refractivity contribution in [3.05, 3.63) is 35.4 Å². The van der Waals surface area contributed by atoms with Crippen LogP contribution in [0, 0.1) is 0 Å². The molecule has 1 aromatic carbocycles. The molecule has 0 aromatic heterocycles. The van der Waals surface area contributed by atoms with Crippen molar-refractivity contribution < 1.29 is 27.5 Å². The maximum atomic E-state index is 12.6. The topological polar surface area (TPSA) is 51.1 Å². The first kappa shape index (κ1) is 16.8. The van der Waals surface area contributed by atoms with Crippen LogP contribution in [-0.4, -0.2) is 55.6 Å². The lowest BCUT2D eigenvalue weighted by Crippen LogP contribution is -2.49. The molecule has 1 amide bonds. The van der Waals surface area contributed by atoms with Gasteiger partial charge in [0.2, 0.25) is 12.0 Å². The van der Waals surface area contributed by atoms with Gasteiger partial charge in [-0.15, -0.1) is 0 Å². The first-order valence-electron chi connectivity index (χ1n) is 7.55. The van der Waals surface area contributed by atoms with Gasteiger partial charge in [-0.3, -0.25) is 4.79 Å². The van der Waals surface area contributed by atoms with Crippen LogP contribution in [0.2, 0.25) is 0 Å². The summed E-state index contributed by atoms with van der Waals surface area (Å²) in [5, 5.41) is 3.55. The van der Waals surface area contributed by atoms with Gasteiger partial charge in [0.1, 0.15) is 6.61 Å². The van der Waals surface area contributed by atoms with Crippen LogP contribution in [0.1, 0.15) is 23.5 Å².